The fourth-order valence-electron chi connectivity index (χ4n) is 3.67. The van der Waals surface area contributed by atoms with Gasteiger partial charge in [-0.2, -0.15) is 0 Å². The Labute approximate surface area is 141 Å². The van der Waals surface area contributed by atoms with E-state index in [0.29, 0.717) is 24.5 Å². The zero-order valence-electron chi connectivity index (χ0n) is 15.1. The largest absolute Gasteiger partial charge is 0.444 e. The normalized spacial score (nSPS) is 24.4. The molecule has 1 amide bonds. The summed E-state index contributed by atoms with van der Waals surface area (Å²) in [4.78, 5) is 11.9. The van der Waals surface area contributed by atoms with Crippen LogP contribution >= 0.6 is 0 Å². The summed E-state index contributed by atoms with van der Waals surface area (Å²) >= 11 is 0. The van der Waals surface area contributed by atoms with Crippen LogP contribution in [-0.2, 0) is 4.74 Å². The van der Waals surface area contributed by atoms with Gasteiger partial charge in [-0.15, -0.1) is 0 Å². The number of nitrogens with one attached hydrogen (secondary N) is 3. The lowest BCUT2D eigenvalue weighted by Gasteiger charge is -2.32. The van der Waals surface area contributed by atoms with Gasteiger partial charge < -0.3 is 20.7 Å². The first-order valence-corrected chi connectivity index (χ1v) is 9.37. The Morgan fingerprint density at radius 3 is 2.52 bits per heavy atom. The van der Waals surface area contributed by atoms with Gasteiger partial charge in [0, 0.05) is 25.2 Å². The standard InChI is InChI=1S/C18H35N3O2/c1-18(2,3)23-17(22)21-13-16(14-8-5-4-6-9-14)20-12-15-10-7-11-19-15/h14-16,19-20H,4-13H2,1-3H3,(H,21,22). The first-order valence-electron chi connectivity index (χ1n) is 9.37. The Hall–Kier alpha value is -0.810. The molecule has 134 valence electrons. The maximum Gasteiger partial charge on any atom is 0.407 e. The predicted octanol–water partition coefficient (Wildman–Crippen LogP) is 2.80. The molecule has 1 heterocycles. The van der Waals surface area contributed by atoms with E-state index in [0.717, 1.165) is 13.1 Å². The van der Waals surface area contributed by atoms with Gasteiger partial charge >= 0.3 is 6.09 Å². The van der Waals surface area contributed by atoms with Crippen molar-refractivity contribution in [2.45, 2.75) is 83.4 Å². The number of amides is 1. The molecule has 5 nitrogen and oxygen atoms in total. The Morgan fingerprint density at radius 1 is 1.17 bits per heavy atom. The van der Waals surface area contributed by atoms with Crippen molar-refractivity contribution in [1.29, 1.82) is 0 Å². The number of rotatable bonds is 6. The zero-order chi connectivity index (χ0) is 16.7. The highest BCUT2D eigenvalue weighted by Gasteiger charge is 2.26. The Balaban J connectivity index is 1.80. The number of carbonyl (C=O) groups excluding carboxylic acids is 1. The molecule has 0 aromatic rings. The lowest BCUT2D eigenvalue weighted by Crippen LogP contribution is -2.50. The SMILES string of the molecule is CC(C)(C)OC(=O)NCC(NCC1CCCN1)C1CCCCC1. The second-order valence-electron chi connectivity index (χ2n) is 8.09. The number of hydrogen-bond acceptors (Lipinski definition) is 4. The van der Waals surface area contributed by atoms with E-state index >= 15 is 0 Å². The fraction of sp³-hybridized carbons (Fsp3) is 0.944. The second kappa shape index (κ2) is 8.88. The quantitative estimate of drug-likeness (QED) is 0.703. The minimum Gasteiger partial charge on any atom is -0.444 e. The van der Waals surface area contributed by atoms with Crippen molar-refractivity contribution in [1.82, 2.24) is 16.0 Å². The molecule has 1 aliphatic carbocycles. The van der Waals surface area contributed by atoms with E-state index in [1.54, 1.807) is 0 Å². The summed E-state index contributed by atoms with van der Waals surface area (Å²) in [6.45, 7) is 8.49. The third kappa shape index (κ3) is 7.08. The third-order valence-electron chi connectivity index (χ3n) is 4.87. The maximum absolute atomic E-state index is 11.9. The average molecular weight is 325 g/mol. The number of ether oxygens (including phenoxy) is 1. The first kappa shape index (κ1) is 18.5. The summed E-state index contributed by atoms with van der Waals surface area (Å²) in [7, 11) is 0. The molecule has 5 heteroatoms. The highest BCUT2D eigenvalue weighted by Crippen LogP contribution is 2.26. The molecular weight excluding hydrogens is 290 g/mol. The minimum absolute atomic E-state index is 0.306. The zero-order valence-corrected chi connectivity index (χ0v) is 15.1. The van der Waals surface area contributed by atoms with Crippen LogP contribution in [0.2, 0.25) is 0 Å². The van der Waals surface area contributed by atoms with Crippen LogP contribution in [0, 0.1) is 5.92 Å². The fourth-order valence-corrected chi connectivity index (χ4v) is 3.67. The van der Waals surface area contributed by atoms with E-state index < -0.39 is 5.60 Å². The molecule has 0 aromatic carbocycles. The summed E-state index contributed by atoms with van der Waals surface area (Å²) in [5, 5.41) is 10.2. The molecule has 0 aromatic heterocycles. The lowest BCUT2D eigenvalue weighted by molar-refractivity contribution is 0.0515. The van der Waals surface area contributed by atoms with Gasteiger partial charge in [0.05, 0.1) is 0 Å². The van der Waals surface area contributed by atoms with Gasteiger partial charge in [0.25, 0.3) is 0 Å². The van der Waals surface area contributed by atoms with Gasteiger partial charge in [0.15, 0.2) is 0 Å². The van der Waals surface area contributed by atoms with E-state index in [1.165, 1.54) is 44.9 Å². The molecule has 2 unspecified atom stereocenters. The van der Waals surface area contributed by atoms with Gasteiger partial charge in [-0.1, -0.05) is 19.3 Å². The summed E-state index contributed by atoms with van der Waals surface area (Å²) in [6, 6.07) is 0.938. The highest BCUT2D eigenvalue weighted by molar-refractivity contribution is 5.67. The van der Waals surface area contributed by atoms with Crippen molar-refractivity contribution in [3.8, 4) is 0 Å². The van der Waals surface area contributed by atoms with Crippen LogP contribution in [0.1, 0.15) is 65.7 Å². The third-order valence-corrected chi connectivity index (χ3v) is 4.87. The number of alkyl carbamates (subject to hydrolysis) is 1. The second-order valence-corrected chi connectivity index (χ2v) is 8.09. The Morgan fingerprint density at radius 2 is 1.91 bits per heavy atom. The summed E-state index contributed by atoms with van der Waals surface area (Å²) in [5.74, 6) is 0.667. The van der Waals surface area contributed by atoms with Crippen LogP contribution < -0.4 is 16.0 Å². The highest BCUT2D eigenvalue weighted by atomic mass is 16.6. The van der Waals surface area contributed by atoms with E-state index in [1.807, 2.05) is 20.8 Å². The number of carbonyl (C=O) groups is 1. The summed E-state index contributed by atoms with van der Waals surface area (Å²) in [6.07, 6.45) is 8.75. The van der Waals surface area contributed by atoms with Crippen LogP contribution in [-0.4, -0.2) is 43.4 Å². The smallest absolute Gasteiger partial charge is 0.407 e. The van der Waals surface area contributed by atoms with E-state index in [4.69, 9.17) is 4.74 Å². The van der Waals surface area contributed by atoms with Gasteiger partial charge in [-0.25, -0.2) is 4.79 Å². The van der Waals surface area contributed by atoms with Crippen molar-refractivity contribution in [2.75, 3.05) is 19.6 Å². The molecule has 0 spiro atoms. The number of hydrogen-bond donors (Lipinski definition) is 3. The molecule has 3 N–H and O–H groups in total. The van der Waals surface area contributed by atoms with Crippen molar-refractivity contribution in [2.24, 2.45) is 5.92 Å². The molecule has 0 bridgehead atoms. The van der Waals surface area contributed by atoms with Crippen LogP contribution in [0.3, 0.4) is 0 Å². The molecule has 23 heavy (non-hydrogen) atoms. The molecule has 1 saturated heterocycles. The first-order chi connectivity index (χ1) is 10.9. The maximum atomic E-state index is 11.9. The van der Waals surface area contributed by atoms with Gasteiger partial charge in [-0.05, 0) is 58.9 Å². The van der Waals surface area contributed by atoms with Gasteiger partial charge in [0.2, 0.25) is 0 Å². The molecule has 2 atom stereocenters. The average Bonchev–Trinajstić information content (AvgIpc) is 3.00. The van der Waals surface area contributed by atoms with Crippen LogP contribution in [0.5, 0.6) is 0 Å². The molecule has 0 radical (unpaired) electrons. The molecule has 2 rings (SSSR count). The van der Waals surface area contributed by atoms with Crippen LogP contribution in [0.25, 0.3) is 0 Å². The van der Waals surface area contributed by atoms with Crippen LogP contribution in [0.15, 0.2) is 0 Å². The molecule has 2 fully saturated rings. The predicted molar refractivity (Wildman–Crippen MR) is 93.6 cm³/mol. The molecule has 2 aliphatic rings. The molecule has 1 aliphatic heterocycles. The monoisotopic (exact) mass is 325 g/mol. The van der Waals surface area contributed by atoms with Crippen molar-refractivity contribution < 1.29 is 9.53 Å². The molecular formula is C18H35N3O2. The van der Waals surface area contributed by atoms with Crippen molar-refractivity contribution in [3.63, 3.8) is 0 Å². The van der Waals surface area contributed by atoms with Crippen molar-refractivity contribution in [3.05, 3.63) is 0 Å². The molecule has 1 saturated carbocycles. The lowest BCUT2D eigenvalue weighted by atomic mass is 9.83. The summed E-state index contributed by atoms with van der Waals surface area (Å²) < 4.78 is 5.36. The summed E-state index contributed by atoms with van der Waals surface area (Å²) in [5.41, 5.74) is -0.439. The van der Waals surface area contributed by atoms with E-state index in [2.05, 4.69) is 16.0 Å². The Kier molecular flexibility index (Phi) is 7.15. The van der Waals surface area contributed by atoms with E-state index in [9.17, 15) is 4.79 Å². The topological polar surface area (TPSA) is 62.4 Å². The van der Waals surface area contributed by atoms with Gasteiger partial charge in [0.1, 0.15) is 5.60 Å². The van der Waals surface area contributed by atoms with Crippen LogP contribution in [0.4, 0.5) is 4.79 Å². The Bertz CT molecular complexity index is 356. The van der Waals surface area contributed by atoms with E-state index in [-0.39, 0.29) is 6.09 Å². The van der Waals surface area contributed by atoms with Crippen molar-refractivity contribution >= 4 is 6.09 Å². The van der Waals surface area contributed by atoms with Gasteiger partial charge in [-0.3, -0.25) is 0 Å². The minimum atomic E-state index is -0.439.